The first-order valence-corrected chi connectivity index (χ1v) is 8.69. The fourth-order valence-electron chi connectivity index (χ4n) is 2.53. The molecule has 25 heavy (non-hydrogen) atoms. The van der Waals surface area contributed by atoms with E-state index in [0.29, 0.717) is 23.7 Å². The first-order valence-electron chi connectivity index (χ1n) is 7.74. The zero-order chi connectivity index (χ0) is 17.6. The summed E-state index contributed by atoms with van der Waals surface area (Å²) >= 11 is 1.62. The van der Waals surface area contributed by atoms with Crippen LogP contribution in [0.15, 0.2) is 39.8 Å². The van der Waals surface area contributed by atoms with E-state index in [1.165, 1.54) is 0 Å². The molecule has 0 spiro atoms. The molecule has 0 aromatic carbocycles. The van der Waals surface area contributed by atoms with E-state index >= 15 is 0 Å². The van der Waals surface area contributed by atoms with Crippen LogP contribution in [0, 0.1) is 6.92 Å². The molecular weight excluding hydrogens is 340 g/mol. The van der Waals surface area contributed by atoms with E-state index in [2.05, 4.69) is 30.6 Å². The number of nitrogens with one attached hydrogen (secondary N) is 1. The van der Waals surface area contributed by atoms with Gasteiger partial charge in [0.2, 0.25) is 11.8 Å². The number of pyridine rings is 1. The lowest BCUT2D eigenvalue weighted by Gasteiger charge is -2.20. The quantitative estimate of drug-likeness (QED) is 0.698. The van der Waals surface area contributed by atoms with E-state index in [1.54, 1.807) is 31.6 Å². The van der Waals surface area contributed by atoms with Crippen LogP contribution in [0.4, 0.5) is 0 Å². The van der Waals surface area contributed by atoms with Crippen molar-refractivity contribution >= 4 is 17.2 Å². The molecule has 0 fully saturated rings. The van der Waals surface area contributed by atoms with E-state index in [0.717, 1.165) is 11.1 Å². The van der Waals surface area contributed by atoms with Crippen molar-refractivity contribution in [2.45, 2.75) is 25.8 Å². The fourth-order valence-corrected chi connectivity index (χ4v) is 3.21. The monoisotopic (exact) mass is 358 g/mol. The zero-order valence-electron chi connectivity index (χ0n) is 13.9. The lowest BCUT2D eigenvalue weighted by Crippen LogP contribution is -2.31. The topological polar surface area (TPSA) is 90.1 Å². The normalized spacial score (nSPS) is 11.9. The van der Waals surface area contributed by atoms with Gasteiger partial charge in [0.15, 0.2) is 0 Å². The van der Waals surface area contributed by atoms with Crippen molar-refractivity contribution in [3.8, 4) is 5.88 Å². The van der Waals surface area contributed by atoms with Gasteiger partial charge in [0.1, 0.15) is 11.4 Å². The van der Waals surface area contributed by atoms with Gasteiger partial charge in [-0.2, -0.15) is 11.3 Å². The number of rotatable bonds is 7. The number of carbonyl (C=O) groups excluding carboxylic acids is 1. The van der Waals surface area contributed by atoms with Crippen LogP contribution in [0.3, 0.4) is 0 Å². The van der Waals surface area contributed by atoms with Gasteiger partial charge in [-0.05, 0) is 41.8 Å². The number of methoxy groups -OCH3 is 1. The van der Waals surface area contributed by atoms with Crippen LogP contribution in [0.1, 0.15) is 28.6 Å². The smallest absolute Gasteiger partial charge is 0.226 e. The average molecular weight is 358 g/mol. The molecule has 0 saturated heterocycles. The minimum Gasteiger partial charge on any atom is -0.481 e. The second kappa shape index (κ2) is 7.89. The molecule has 0 aliphatic heterocycles. The van der Waals surface area contributed by atoms with Gasteiger partial charge in [-0.1, -0.05) is 16.4 Å². The Balaban J connectivity index is 1.81. The number of hydrogen-bond donors (Lipinski definition) is 1. The molecule has 0 aliphatic carbocycles. The highest BCUT2D eigenvalue weighted by atomic mass is 32.1. The van der Waals surface area contributed by atoms with Crippen LogP contribution < -0.4 is 10.1 Å². The molecule has 3 heterocycles. The van der Waals surface area contributed by atoms with Crippen molar-refractivity contribution in [1.82, 2.24) is 20.6 Å². The molecule has 0 bridgehead atoms. The van der Waals surface area contributed by atoms with Gasteiger partial charge in [0, 0.05) is 11.8 Å². The molecule has 0 unspecified atom stereocenters. The third kappa shape index (κ3) is 4.21. The molecule has 0 radical (unpaired) electrons. The molecule has 3 aromatic heterocycles. The summed E-state index contributed by atoms with van der Waals surface area (Å²) in [5, 5.41) is 14.6. The van der Waals surface area contributed by atoms with Gasteiger partial charge < -0.3 is 10.1 Å². The van der Waals surface area contributed by atoms with Crippen LogP contribution in [-0.2, 0) is 17.6 Å². The van der Waals surface area contributed by atoms with Crippen molar-refractivity contribution < 1.29 is 14.2 Å². The SMILES string of the molecule is COc1ncccc1[C@H](Cc1ccsc1)NC(=O)Cc1nonc1C. The second-order valence-electron chi connectivity index (χ2n) is 5.53. The Kier molecular flexibility index (Phi) is 5.39. The second-order valence-corrected chi connectivity index (χ2v) is 6.31. The van der Waals surface area contributed by atoms with Gasteiger partial charge >= 0.3 is 0 Å². The molecule has 7 nitrogen and oxygen atoms in total. The maximum Gasteiger partial charge on any atom is 0.226 e. The highest BCUT2D eigenvalue weighted by molar-refractivity contribution is 7.07. The number of ether oxygens (including phenoxy) is 1. The predicted octanol–water partition coefficient (Wildman–Crippen LogP) is 2.49. The van der Waals surface area contributed by atoms with Crippen molar-refractivity contribution in [2.24, 2.45) is 0 Å². The molecule has 0 aliphatic rings. The van der Waals surface area contributed by atoms with Gasteiger partial charge in [-0.3, -0.25) is 4.79 Å². The molecule has 1 atom stereocenters. The summed E-state index contributed by atoms with van der Waals surface area (Å²) in [7, 11) is 1.57. The van der Waals surface area contributed by atoms with Gasteiger partial charge in [-0.15, -0.1) is 0 Å². The van der Waals surface area contributed by atoms with E-state index < -0.39 is 0 Å². The highest BCUT2D eigenvalue weighted by Crippen LogP contribution is 2.26. The molecule has 1 amide bonds. The highest BCUT2D eigenvalue weighted by Gasteiger charge is 2.21. The maximum absolute atomic E-state index is 12.5. The van der Waals surface area contributed by atoms with Crippen molar-refractivity contribution in [1.29, 1.82) is 0 Å². The third-order valence-corrected chi connectivity index (χ3v) is 4.53. The summed E-state index contributed by atoms with van der Waals surface area (Å²) in [6.45, 7) is 1.76. The number of nitrogens with zero attached hydrogens (tertiary/aromatic N) is 3. The molecule has 8 heteroatoms. The van der Waals surface area contributed by atoms with Crippen LogP contribution in [0.25, 0.3) is 0 Å². The van der Waals surface area contributed by atoms with E-state index in [9.17, 15) is 4.79 Å². The summed E-state index contributed by atoms with van der Waals surface area (Å²) in [6, 6.07) is 5.52. The predicted molar refractivity (Wildman–Crippen MR) is 92.4 cm³/mol. The summed E-state index contributed by atoms with van der Waals surface area (Å²) in [6.07, 6.45) is 2.42. The third-order valence-electron chi connectivity index (χ3n) is 3.80. The van der Waals surface area contributed by atoms with Crippen LogP contribution in [-0.4, -0.2) is 28.3 Å². The van der Waals surface area contributed by atoms with Crippen LogP contribution >= 0.6 is 11.3 Å². The summed E-state index contributed by atoms with van der Waals surface area (Å²) < 4.78 is 10.0. The van der Waals surface area contributed by atoms with Crippen molar-refractivity contribution in [3.63, 3.8) is 0 Å². The van der Waals surface area contributed by atoms with E-state index in [-0.39, 0.29) is 18.4 Å². The van der Waals surface area contributed by atoms with Crippen molar-refractivity contribution in [3.05, 3.63) is 57.7 Å². The number of thiophene rings is 1. The number of carbonyl (C=O) groups is 1. The summed E-state index contributed by atoms with van der Waals surface area (Å²) in [5.74, 6) is 0.340. The maximum atomic E-state index is 12.5. The lowest BCUT2D eigenvalue weighted by molar-refractivity contribution is -0.121. The molecule has 130 valence electrons. The molecule has 0 saturated carbocycles. The number of amides is 1. The van der Waals surface area contributed by atoms with Gasteiger partial charge in [0.05, 0.1) is 19.6 Å². The first-order chi connectivity index (χ1) is 12.2. The summed E-state index contributed by atoms with van der Waals surface area (Å²) in [4.78, 5) is 16.7. The first kappa shape index (κ1) is 17.1. The molecule has 3 rings (SSSR count). The van der Waals surface area contributed by atoms with Crippen molar-refractivity contribution in [2.75, 3.05) is 7.11 Å². The average Bonchev–Trinajstić information content (AvgIpc) is 3.26. The van der Waals surface area contributed by atoms with Gasteiger partial charge in [-0.25, -0.2) is 9.61 Å². The Morgan fingerprint density at radius 3 is 2.96 bits per heavy atom. The number of aromatic nitrogens is 3. The Hall–Kier alpha value is -2.74. The zero-order valence-corrected chi connectivity index (χ0v) is 14.7. The minimum atomic E-state index is -0.258. The Bertz CT molecular complexity index is 832. The van der Waals surface area contributed by atoms with Gasteiger partial charge in [0.25, 0.3) is 0 Å². The van der Waals surface area contributed by atoms with E-state index in [4.69, 9.17) is 4.74 Å². The Morgan fingerprint density at radius 2 is 2.28 bits per heavy atom. The van der Waals surface area contributed by atoms with Crippen LogP contribution in [0.2, 0.25) is 0 Å². The minimum absolute atomic E-state index is 0.109. The lowest BCUT2D eigenvalue weighted by atomic mass is 10.0. The number of aryl methyl sites for hydroxylation is 1. The molecule has 3 aromatic rings. The van der Waals surface area contributed by atoms with Crippen LogP contribution in [0.5, 0.6) is 5.88 Å². The Labute approximate surface area is 149 Å². The largest absolute Gasteiger partial charge is 0.481 e. The number of hydrogen-bond acceptors (Lipinski definition) is 7. The fraction of sp³-hybridized carbons (Fsp3) is 0.294. The molecule has 1 N–H and O–H groups in total. The van der Waals surface area contributed by atoms with E-state index in [1.807, 2.05) is 23.6 Å². The molecular formula is C17H18N4O3S. The summed E-state index contributed by atoms with van der Waals surface area (Å²) in [5.41, 5.74) is 3.12. The standard InChI is InChI=1S/C17H18N4O3S/c1-11-14(21-24-20-11)9-16(22)19-15(8-12-5-7-25-10-12)13-4-3-6-18-17(13)23-2/h3-7,10,15H,8-9H2,1-2H3,(H,19,22)/t15-/m0/s1. The Morgan fingerprint density at radius 1 is 1.40 bits per heavy atom.